The fourth-order valence-corrected chi connectivity index (χ4v) is 4.08. The summed E-state index contributed by atoms with van der Waals surface area (Å²) in [4.78, 5) is 53.9. The number of anilines is 2. The van der Waals surface area contributed by atoms with Gasteiger partial charge in [-0.2, -0.15) is 4.99 Å². The molecule has 1 aliphatic heterocycles. The number of esters is 1. The monoisotopic (exact) mass is 491 g/mol. The summed E-state index contributed by atoms with van der Waals surface area (Å²) in [6, 6.07) is 10.6. The van der Waals surface area contributed by atoms with E-state index in [4.69, 9.17) is 23.2 Å². The summed E-state index contributed by atoms with van der Waals surface area (Å²) in [6.07, 6.45) is 1.02. The highest BCUT2D eigenvalue weighted by molar-refractivity contribution is 8.19. The molecule has 1 N–H and O–H groups in total. The number of ether oxygens (including phenoxy) is 1. The first-order chi connectivity index (χ1) is 15.2. The van der Waals surface area contributed by atoms with Crippen LogP contribution in [0.5, 0.6) is 0 Å². The van der Waals surface area contributed by atoms with Crippen LogP contribution in [0, 0.1) is 0 Å². The molecule has 0 aliphatic carbocycles. The second kappa shape index (κ2) is 9.99. The van der Waals surface area contributed by atoms with Gasteiger partial charge >= 0.3 is 5.97 Å². The van der Waals surface area contributed by atoms with Crippen LogP contribution >= 0.6 is 35.0 Å². The third-order valence-corrected chi connectivity index (χ3v) is 5.58. The Labute approximate surface area is 197 Å². The number of nitrogens with zero attached hydrogens (tertiary/aromatic N) is 2. The molecule has 0 atom stereocenters. The molecule has 1 heterocycles. The fourth-order valence-electron chi connectivity index (χ4n) is 2.65. The summed E-state index contributed by atoms with van der Waals surface area (Å²) in [5.74, 6) is -2.24. The number of hydrogen-bond acceptors (Lipinski definition) is 6. The zero-order valence-corrected chi connectivity index (χ0v) is 19.0. The second-order valence-electron chi connectivity index (χ2n) is 6.33. The number of rotatable bonds is 4. The molecule has 0 radical (unpaired) electrons. The molecule has 8 nitrogen and oxygen atoms in total. The molecule has 2 aromatic carbocycles. The van der Waals surface area contributed by atoms with Gasteiger partial charge in [-0.15, -0.1) is 0 Å². The largest absolute Gasteiger partial charge is 0.466 e. The Hall–Kier alpha value is -3.14. The van der Waals surface area contributed by atoms with Gasteiger partial charge in [0.25, 0.3) is 11.8 Å². The van der Waals surface area contributed by atoms with Gasteiger partial charge in [0.15, 0.2) is 5.17 Å². The number of amides is 3. The number of hydrogen-bond donors (Lipinski definition) is 1. The van der Waals surface area contributed by atoms with Crippen molar-refractivity contribution in [2.45, 2.75) is 6.92 Å². The number of benzene rings is 2. The zero-order chi connectivity index (χ0) is 23.4. The SMILES string of the molecule is COC(=O)C=C1SC(=NC(=O)c2ccc(Cl)cc2Cl)N(c2ccc(NC(C)=O)cc2)C1=O. The quantitative estimate of drug-likeness (QED) is 0.505. The Kier molecular flexibility index (Phi) is 7.34. The Morgan fingerprint density at radius 2 is 1.81 bits per heavy atom. The van der Waals surface area contributed by atoms with E-state index in [1.165, 1.54) is 37.1 Å². The Morgan fingerprint density at radius 3 is 2.41 bits per heavy atom. The van der Waals surface area contributed by atoms with E-state index in [1.54, 1.807) is 24.3 Å². The van der Waals surface area contributed by atoms with E-state index in [1.807, 2.05) is 0 Å². The average molecular weight is 492 g/mol. The van der Waals surface area contributed by atoms with E-state index in [-0.39, 0.29) is 26.6 Å². The molecule has 3 rings (SSSR count). The molecule has 2 aromatic rings. The zero-order valence-electron chi connectivity index (χ0n) is 16.7. The highest BCUT2D eigenvalue weighted by atomic mass is 35.5. The average Bonchev–Trinajstić information content (AvgIpc) is 3.02. The van der Waals surface area contributed by atoms with Gasteiger partial charge in [-0.1, -0.05) is 23.2 Å². The van der Waals surface area contributed by atoms with Crippen molar-refractivity contribution in [3.8, 4) is 0 Å². The van der Waals surface area contributed by atoms with E-state index >= 15 is 0 Å². The minimum atomic E-state index is -0.727. The first-order valence-corrected chi connectivity index (χ1v) is 10.5. The van der Waals surface area contributed by atoms with Crippen LogP contribution in [-0.4, -0.2) is 36.0 Å². The van der Waals surface area contributed by atoms with Crippen LogP contribution < -0.4 is 10.2 Å². The van der Waals surface area contributed by atoms with Gasteiger partial charge < -0.3 is 10.1 Å². The highest BCUT2D eigenvalue weighted by Gasteiger charge is 2.36. The van der Waals surface area contributed by atoms with Crippen molar-refractivity contribution in [2.24, 2.45) is 4.99 Å². The van der Waals surface area contributed by atoms with Crippen molar-refractivity contribution < 1.29 is 23.9 Å². The van der Waals surface area contributed by atoms with E-state index < -0.39 is 17.8 Å². The number of carbonyl (C=O) groups excluding carboxylic acids is 4. The number of methoxy groups -OCH3 is 1. The lowest BCUT2D eigenvalue weighted by atomic mass is 10.2. The molecular weight excluding hydrogens is 477 g/mol. The van der Waals surface area contributed by atoms with Crippen molar-refractivity contribution in [2.75, 3.05) is 17.3 Å². The molecule has 1 fully saturated rings. The van der Waals surface area contributed by atoms with Gasteiger partial charge in [0.1, 0.15) is 0 Å². The molecule has 0 spiro atoms. The van der Waals surface area contributed by atoms with Crippen LogP contribution in [0.2, 0.25) is 10.0 Å². The van der Waals surface area contributed by atoms with Crippen LogP contribution in [-0.2, 0) is 19.1 Å². The Morgan fingerprint density at radius 1 is 1.12 bits per heavy atom. The lowest BCUT2D eigenvalue weighted by molar-refractivity contribution is -0.135. The third kappa shape index (κ3) is 5.37. The third-order valence-electron chi connectivity index (χ3n) is 4.06. The number of carbonyl (C=O) groups is 4. The van der Waals surface area contributed by atoms with Crippen molar-refractivity contribution >= 4 is 75.2 Å². The van der Waals surface area contributed by atoms with Gasteiger partial charge in [-0.25, -0.2) is 4.79 Å². The molecule has 0 unspecified atom stereocenters. The smallest absolute Gasteiger partial charge is 0.331 e. The van der Waals surface area contributed by atoms with E-state index in [0.717, 1.165) is 17.8 Å². The van der Waals surface area contributed by atoms with Crippen LogP contribution in [0.4, 0.5) is 11.4 Å². The molecule has 0 saturated carbocycles. The van der Waals surface area contributed by atoms with Crippen molar-refractivity contribution in [3.05, 3.63) is 69.1 Å². The van der Waals surface area contributed by atoms with Crippen molar-refractivity contribution in [1.82, 2.24) is 0 Å². The van der Waals surface area contributed by atoms with Crippen molar-refractivity contribution in [3.63, 3.8) is 0 Å². The summed E-state index contributed by atoms with van der Waals surface area (Å²) in [6.45, 7) is 1.37. The molecule has 32 heavy (non-hydrogen) atoms. The lowest BCUT2D eigenvalue weighted by Gasteiger charge is -2.16. The summed E-state index contributed by atoms with van der Waals surface area (Å²) in [5.41, 5.74) is 0.995. The fraction of sp³-hybridized carbons (Fsp3) is 0.0952. The van der Waals surface area contributed by atoms with Gasteiger partial charge in [0, 0.05) is 23.7 Å². The van der Waals surface area contributed by atoms with Gasteiger partial charge in [0.05, 0.1) is 28.3 Å². The van der Waals surface area contributed by atoms with Crippen LogP contribution in [0.25, 0.3) is 0 Å². The van der Waals surface area contributed by atoms with Crippen molar-refractivity contribution in [1.29, 1.82) is 0 Å². The number of nitrogens with one attached hydrogen (secondary N) is 1. The number of thioether (sulfide) groups is 1. The summed E-state index contributed by atoms with van der Waals surface area (Å²) in [5, 5.41) is 3.11. The van der Waals surface area contributed by atoms with Crippen LogP contribution in [0.1, 0.15) is 17.3 Å². The summed E-state index contributed by atoms with van der Waals surface area (Å²) >= 11 is 12.8. The van der Waals surface area contributed by atoms with E-state index in [0.29, 0.717) is 16.4 Å². The van der Waals surface area contributed by atoms with E-state index in [2.05, 4.69) is 15.0 Å². The Balaban J connectivity index is 2.02. The predicted octanol–water partition coefficient (Wildman–Crippen LogP) is 4.28. The normalized spacial score (nSPS) is 15.9. The first-order valence-electron chi connectivity index (χ1n) is 8.97. The lowest BCUT2D eigenvalue weighted by Crippen LogP contribution is -2.29. The number of halogens is 2. The summed E-state index contributed by atoms with van der Waals surface area (Å²) in [7, 11) is 1.18. The number of aliphatic imine (C=N–C) groups is 1. The highest BCUT2D eigenvalue weighted by Crippen LogP contribution is 2.36. The maximum atomic E-state index is 13.0. The van der Waals surface area contributed by atoms with Crippen LogP contribution in [0.15, 0.2) is 58.4 Å². The van der Waals surface area contributed by atoms with Gasteiger partial charge in [-0.05, 0) is 54.2 Å². The minimum absolute atomic E-state index is 0.0217. The standard InChI is InChI=1S/C21H15Cl2N3O5S/c1-11(27)24-13-4-6-14(7-5-13)26-20(30)17(10-18(28)31-2)32-21(26)25-19(29)15-8-3-12(22)9-16(15)23/h3-10H,1-2H3,(H,24,27). The summed E-state index contributed by atoms with van der Waals surface area (Å²) < 4.78 is 4.59. The molecule has 0 aromatic heterocycles. The Bertz CT molecular complexity index is 1180. The molecule has 3 amide bonds. The molecule has 0 bridgehead atoms. The van der Waals surface area contributed by atoms with Crippen LogP contribution in [0.3, 0.4) is 0 Å². The maximum Gasteiger partial charge on any atom is 0.331 e. The van der Waals surface area contributed by atoms with Gasteiger partial charge in [-0.3, -0.25) is 19.3 Å². The maximum absolute atomic E-state index is 13.0. The second-order valence-corrected chi connectivity index (χ2v) is 8.18. The minimum Gasteiger partial charge on any atom is -0.466 e. The molecule has 164 valence electrons. The number of amidine groups is 1. The van der Waals surface area contributed by atoms with E-state index in [9.17, 15) is 19.2 Å². The molecule has 11 heteroatoms. The molecular formula is C21H15Cl2N3O5S. The molecule has 1 saturated heterocycles. The van der Waals surface area contributed by atoms with Gasteiger partial charge in [0.2, 0.25) is 5.91 Å². The first kappa shape index (κ1) is 23.5. The predicted molar refractivity (Wildman–Crippen MR) is 124 cm³/mol. The topological polar surface area (TPSA) is 105 Å². The molecule has 1 aliphatic rings.